The van der Waals surface area contributed by atoms with Gasteiger partial charge >= 0.3 is 11.9 Å². The van der Waals surface area contributed by atoms with Crippen LogP contribution in [0.25, 0.3) is 0 Å². The van der Waals surface area contributed by atoms with Crippen molar-refractivity contribution in [2.24, 2.45) is 4.99 Å². The first-order valence-corrected chi connectivity index (χ1v) is 5.27. The van der Waals surface area contributed by atoms with Crippen molar-refractivity contribution in [3.05, 3.63) is 54.4 Å². The third kappa shape index (κ3) is 5.83. The van der Waals surface area contributed by atoms with E-state index in [0.717, 1.165) is 11.3 Å². The topological polar surface area (TPSA) is 99.0 Å². The molecule has 98 valence electrons. The average molecular weight is 260 g/mol. The fourth-order valence-corrected chi connectivity index (χ4v) is 1.18. The molecule has 6 heteroatoms. The second-order valence-corrected chi connectivity index (χ2v) is 3.34. The minimum atomic E-state index is -1.26. The zero-order valence-electron chi connectivity index (χ0n) is 9.85. The van der Waals surface area contributed by atoms with Crippen LogP contribution in [0.15, 0.2) is 53.8 Å². The normalized spacial score (nSPS) is 11.8. The first kappa shape index (κ1) is 14.2. The van der Waals surface area contributed by atoms with Crippen molar-refractivity contribution in [1.29, 1.82) is 0 Å². The molecule has 19 heavy (non-hydrogen) atoms. The van der Waals surface area contributed by atoms with Crippen LogP contribution in [-0.4, -0.2) is 28.4 Å². The molecule has 1 aromatic rings. The molecule has 0 fully saturated rings. The highest BCUT2D eigenvalue weighted by molar-refractivity contribution is 5.89. The number of nitrogens with one attached hydrogen (secondary N) is 1. The highest BCUT2D eigenvalue weighted by Gasteiger charge is 1.96. The summed E-state index contributed by atoms with van der Waals surface area (Å²) in [6.45, 7) is 0. The Morgan fingerprint density at radius 3 is 2.37 bits per heavy atom. The Kier molecular flexibility index (Phi) is 5.55. The maximum absolute atomic E-state index is 9.55. The molecule has 1 aliphatic rings. The number of aliphatic carboxylic acids is 2. The highest BCUT2D eigenvalue weighted by Crippen LogP contribution is 2.13. The lowest BCUT2D eigenvalue weighted by molar-refractivity contribution is -0.134. The summed E-state index contributed by atoms with van der Waals surface area (Å²) >= 11 is 0. The number of fused-ring (bicyclic) bond motifs is 1. The van der Waals surface area contributed by atoms with E-state index in [-0.39, 0.29) is 0 Å². The zero-order chi connectivity index (χ0) is 14.1. The average Bonchev–Trinajstić information content (AvgIpc) is 2.62. The van der Waals surface area contributed by atoms with Gasteiger partial charge in [-0.05, 0) is 6.07 Å². The van der Waals surface area contributed by atoms with Crippen LogP contribution in [0.2, 0.25) is 0 Å². The number of para-hydroxylation sites is 1. The van der Waals surface area contributed by atoms with E-state index < -0.39 is 11.9 Å². The molecule has 0 spiro atoms. The van der Waals surface area contributed by atoms with Crippen LogP contribution in [-0.2, 0) is 9.59 Å². The lowest BCUT2D eigenvalue weighted by Gasteiger charge is -2.01. The van der Waals surface area contributed by atoms with E-state index in [1.807, 2.05) is 36.7 Å². The Morgan fingerprint density at radius 2 is 1.74 bits per heavy atom. The van der Waals surface area contributed by atoms with Crippen molar-refractivity contribution in [2.75, 3.05) is 5.32 Å². The van der Waals surface area contributed by atoms with E-state index in [9.17, 15) is 9.59 Å². The number of carboxylic acid groups (broad SMARTS) is 2. The first-order valence-electron chi connectivity index (χ1n) is 5.27. The van der Waals surface area contributed by atoms with Gasteiger partial charge < -0.3 is 15.5 Å². The van der Waals surface area contributed by atoms with E-state index in [1.165, 1.54) is 0 Å². The van der Waals surface area contributed by atoms with Crippen LogP contribution in [0.5, 0.6) is 0 Å². The Hall–Kier alpha value is -2.89. The quantitative estimate of drug-likeness (QED) is 0.703. The standard InChI is InChI=1S/C9H8N2.C4H4O4/c1-2-4-9-8(3-1)7-10-5-6-11-9;5-3(6)1-2-4(7)8/h1-7,11H;1-2H,(H,5,6)(H,7,8)/b;2-1+. The zero-order valence-corrected chi connectivity index (χ0v) is 9.85. The molecule has 0 aromatic heterocycles. The number of benzene rings is 1. The molecule has 3 N–H and O–H groups in total. The van der Waals surface area contributed by atoms with E-state index >= 15 is 0 Å². The second-order valence-electron chi connectivity index (χ2n) is 3.34. The van der Waals surface area contributed by atoms with Crippen molar-refractivity contribution in [3.63, 3.8) is 0 Å². The predicted octanol–water partition coefficient (Wildman–Crippen LogP) is 1.71. The van der Waals surface area contributed by atoms with Gasteiger partial charge in [0.05, 0.1) is 0 Å². The molecule has 0 bridgehead atoms. The summed E-state index contributed by atoms with van der Waals surface area (Å²) in [7, 11) is 0. The molecule has 1 heterocycles. The molecule has 0 saturated heterocycles. The van der Waals surface area contributed by atoms with Gasteiger partial charge in [-0.15, -0.1) is 0 Å². The maximum atomic E-state index is 9.55. The van der Waals surface area contributed by atoms with Gasteiger partial charge in [0.15, 0.2) is 0 Å². The van der Waals surface area contributed by atoms with E-state index in [2.05, 4.69) is 10.3 Å². The largest absolute Gasteiger partial charge is 0.478 e. The van der Waals surface area contributed by atoms with E-state index in [1.54, 1.807) is 6.20 Å². The molecule has 2 rings (SSSR count). The number of nitrogens with zero attached hydrogens (tertiary/aromatic N) is 1. The molecule has 1 aromatic carbocycles. The summed E-state index contributed by atoms with van der Waals surface area (Å²) in [6.07, 6.45) is 6.51. The smallest absolute Gasteiger partial charge is 0.328 e. The molecule has 0 saturated carbocycles. The van der Waals surface area contributed by atoms with E-state index in [4.69, 9.17) is 10.2 Å². The van der Waals surface area contributed by atoms with Gasteiger partial charge in [-0.2, -0.15) is 0 Å². The van der Waals surface area contributed by atoms with Crippen LogP contribution in [0.1, 0.15) is 5.56 Å². The van der Waals surface area contributed by atoms with Gasteiger partial charge in [-0.1, -0.05) is 18.2 Å². The number of carboxylic acids is 2. The summed E-state index contributed by atoms with van der Waals surface area (Å²) in [6, 6.07) is 8.05. The third-order valence-electron chi connectivity index (χ3n) is 1.94. The van der Waals surface area contributed by atoms with Gasteiger partial charge in [0, 0.05) is 42.0 Å². The molecule has 0 unspecified atom stereocenters. The second kappa shape index (κ2) is 7.44. The molecule has 0 atom stereocenters. The Balaban J connectivity index is 0.000000203. The van der Waals surface area contributed by atoms with Crippen LogP contribution in [0, 0.1) is 0 Å². The van der Waals surface area contributed by atoms with Crippen molar-refractivity contribution in [1.82, 2.24) is 0 Å². The lowest BCUT2D eigenvalue weighted by Crippen LogP contribution is -1.91. The summed E-state index contributed by atoms with van der Waals surface area (Å²) < 4.78 is 0. The van der Waals surface area contributed by atoms with Gasteiger partial charge in [0.2, 0.25) is 0 Å². The SMILES string of the molecule is C1=CNc2ccccc2C=N1.O=C(O)/C=C/C(=O)O. The summed E-state index contributed by atoms with van der Waals surface area (Å²) in [5, 5.41) is 18.7. The van der Waals surface area contributed by atoms with Crippen LogP contribution in [0.4, 0.5) is 5.69 Å². The lowest BCUT2D eigenvalue weighted by atomic mass is 10.2. The molecule has 0 aliphatic carbocycles. The Morgan fingerprint density at radius 1 is 1.11 bits per heavy atom. The number of rotatable bonds is 2. The Labute approximate surface area is 109 Å². The number of anilines is 1. The highest BCUT2D eigenvalue weighted by atomic mass is 16.4. The number of hydrogen-bond acceptors (Lipinski definition) is 4. The summed E-state index contributed by atoms with van der Waals surface area (Å²) in [5.74, 6) is -2.51. The minimum Gasteiger partial charge on any atom is -0.478 e. The Bertz CT molecular complexity index is 531. The fourth-order valence-electron chi connectivity index (χ4n) is 1.18. The van der Waals surface area contributed by atoms with E-state index in [0.29, 0.717) is 12.2 Å². The van der Waals surface area contributed by atoms with Gasteiger partial charge in [0.1, 0.15) is 0 Å². The summed E-state index contributed by atoms with van der Waals surface area (Å²) in [5.41, 5.74) is 2.22. The number of aliphatic imine (C=N–C) groups is 1. The van der Waals surface area contributed by atoms with Crippen LogP contribution in [0.3, 0.4) is 0 Å². The third-order valence-corrected chi connectivity index (χ3v) is 1.94. The van der Waals surface area contributed by atoms with Gasteiger partial charge in [0.25, 0.3) is 0 Å². The van der Waals surface area contributed by atoms with Crippen LogP contribution >= 0.6 is 0 Å². The van der Waals surface area contributed by atoms with Crippen molar-refractivity contribution >= 4 is 23.8 Å². The summed E-state index contributed by atoms with van der Waals surface area (Å²) in [4.78, 5) is 23.2. The van der Waals surface area contributed by atoms with Crippen molar-refractivity contribution < 1.29 is 19.8 Å². The number of hydrogen-bond donors (Lipinski definition) is 3. The molecular formula is C13H12N2O4. The molecular weight excluding hydrogens is 248 g/mol. The first-order chi connectivity index (χ1) is 9.09. The predicted molar refractivity (Wildman–Crippen MR) is 71.2 cm³/mol. The molecule has 0 amide bonds. The maximum Gasteiger partial charge on any atom is 0.328 e. The van der Waals surface area contributed by atoms with Gasteiger partial charge in [-0.3, -0.25) is 4.99 Å². The molecule has 1 aliphatic heterocycles. The van der Waals surface area contributed by atoms with Crippen molar-refractivity contribution in [3.8, 4) is 0 Å². The molecule has 6 nitrogen and oxygen atoms in total. The van der Waals surface area contributed by atoms with Crippen LogP contribution < -0.4 is 5.32 Å². The van der Waals surface area contributed by atoms with Gasteiger partial charge in [-0.25, -0.2) is 9.59 Å². The molecule has 0 radical (unpaired) electrons. The fraction of sp³-hybridized carbons (Fsp3) is 0. The number of carbonyl (C=O) groups is 2. The minimum absolute atomic E-state index is 0.558. The monoisotopic (exact) mass is 260 g/mol. The van der Waals surface area contributed by atoms with Crippen molar-refractivity contribution in [2.45, 2.75) is 0 Å².